The van der Waals surface area contributed by atoms with Crippen LogP contribution in [0.15, 0.2) is 89.7 Å². The minimum atomic E-state index is -0.421. The lowest BCUT2D eigenvalue weighted by Crippen LogP contribution is -2.50. The summed E-state index contributed by atoms with van der Waals surface area (Å²) >= 11 is 0. The highest BCUT2D eigenvalue weighted by atomic mass is 16.5. The number of nitrogens with one attached hydrogen (secondary N) is 1. The number of rotatable bonds is 9. The van der Waals surface area contributed by atoms with Gasteiger partial charge in [-0.3, -0.25) is 14.6 Å². The van der Waals surface area contributed by atoms with Gasteiger partial charge in [0.25, 0.3) is 5.56 Å². The van der Waals surface area contributed by atoms with Gasteiger partial charge in [-0.25, -0.2) is 4.68 Å². The Bertz CT molecular complexity index is 1700. The third-order valence-corrected chi connectivity index (χ3v) is 8.89. The molecule has 2 atom stereocenters. The molecule has 2 aromatic heterocycles. The van der Waals surface area contributed by atoms with Crippen LogP contribution in [0.5, 0.6) is 5.75 Å². The van der Waals surface area contributed by atoms with Crippen LogP contribution in [0.2, 0.25) is 0 Å². The van der Waals surface area contributed by atoms with Crippen LogP contribution in [0.25, 0.3) is 10.9 Å². The van der Waals surface area contributed by atoms with Crippen LogP contribution in [-0.4, -0.2) is 81.0 Å². The highest BCUT2D eigenvalue weighted by Crippen LogP contribution is 2.33. The van der Waals surface area contributed by atoms with Crippen molar-refractivity contribution in [3.05, 3.63) is 118 Å². The van der Waals surface area contributed by atoms with Crippen molar-refractivity contribution in [2.75, 3.05) is 39.9 Å². The quantitative estimate of drug-likeness (QED) is 0.272. The van der Waals surface area contributed by atoms with Crippen LogP contribution in [-0.2, 0) is 11.3 Å². The molecule has 0 saturated carbocycles. The predicted molar refractivity (Wildman–Crippen MR) is 168 cm³/mol. The van der Waals surface area contributed by atoms with Gasteiger partial charge in [0.1, 0.15) is 11.8 Å². The number of methoxy groups -OCH3 is 1. The van der Waals surface area contributed by atoms with Crippen LogP contribution in [0.4, 0.5) is 0 Å². The Hall–Kier alpha value is -4.38. The summed E-state index contributed by atoms with van der Waals surface area (Å²) in [5.74, 6) is 1.36. The Morgan fingerprint density at radius 1 is 0.909 bits per heavy atom. The van der Waals surface area contributed by atoms with Crippen molar-refractivity contribution in [2.24, 2.45) is 0 Å². The molecule has 2 saturated heterocycles. The second-order valence-electron chi connectivity index (χ2n) is 11.6. The third-order valence-electron chi connectivity index (χ3n) is 8.89. The molecule has 1 N–H and O–H groups in total. The van der Waals surface area contributed by atoms with Crippen molar-refractivity contribution in [2.45, 2.75) is 37.6 Å². The Kier molecular flexibility index (Phi) is 8.19. The number of pyridine rings is 1. The smallest absolute Gasteiger partial charge is 0.253 e. The summed E-state index contributed by atoms with van der Waals surface area (Å²) in [7, 11) is 1.62. The van der Waals surface area contributed by atoms with E-state index in [1.165, 1.54) is 11.1 Å². The first-order valence-corrected chi connectivity index (χ1v) is 15.3. The van der Waals surface area contributed by atoms with Crippen molar-refractivity contribution in [3.63, 3.8) is 0 Å². The Labute approximate surface area is 256 Å². The fraction of sp³-hybridized carbons (Fsp3) is 0.353. The van der Waals surface area contributed by atoms with Crippen molar-refractivity contribution in [1.29, 1.82) is 0 Å². The average molecular weight is 592 g/mol. The molecule has 2 unspecified atom stereocenters. The monoisotopic (exact) mass is 591 g/mol. The van der Waals surface area contributed by atoms with E-state index >= 15 is 0 Å². The Balaban J connectivity index is 1.23. The van der Waals surface area contributed by atoms with Gasteiger partial charge in [0, 0.05) is 44.4 Å². The van der Waals surface area contributed by atoms with E-state index in [1.807, 2.05) is 28.9 Å². The fourth-order valence-corrected chi connectivity index (χ4v) is 6.68. The number of H-pyrrole nitrogens is 1. The molecule has 5 aromatic rings. The van der Waals surface area contributed by atoms with Gasteiger partial charge in [0.05, 0.1) is 31.3 Å². The minimum absolute atomic E-state index is 0.0644. The predicted octanol–water partition coefficient (Wildman–Crippen LogP) is 4.20. The van der Waals surface area contributed by atoms with Crippen molar-refractivity contribution >= 4 is 10.9 Å². The molecule has 10 heteroatoms. The molecule has 3 aromatic carbocycles. The second-order valence-corrected chi connectivity index (χ2v) is 11.6. The number of aromatic nitrogens is 5. The number of fused-ring (bicyclic) bond motifs is 1. The first-order chi connectivity index (χ1) is 21.7. The zero-order valence-corrected chi connectivity index (χ0v) is 24.9. The fourth-order valence-electron chi connectivity index (χ4n) is 6.68. The molecule has 2 fully saturated rings. The normalized spacial score (nSPS) is 18.6. The molecule has 44 heavy (non-hydrogen) atoms. The summed E-state index contributed by atoms with van der Waals surface area (Å²) < 4.78 is 13.1. The van der Waals surface area contributed by atoms with E-state index in [2.05, 4.69) is 91.0 Å². The lowest BCUT2D eigenvalue weighted by Gasteiger charge is -2.42. The summed E-state index contributed by atoms with van der Waals surface area (Å²) in [6.45, 7) is 4.44. The molecule has 0 aliphatic carbocycles. The maximum absolute atomic E-state index is 13.8. The maximum atomic E-state index is 13.8. The van der Waals surface area contributed by atoms with Crippen LogP contribution in [0.3, 0.4) is 0 Å². The van der Waals surface area contributed by atoms with Gasteiger partial charge in [-0.2, -0.15) is 0 Å². The van der Waals surface area contributed by atoms with Gasteiger partial charge in [0.15, 0.2) is 5.82 Å². The lowest BCUT2D eigenvalue weighted by atomic mass is 9.96. The molecule has 4 heterocycles. The van der Waals surface area contributed by atoms with Gasteiger partial charge in [-0.1, -0.05) is 60.7 Å². The standard InChI is InChI=1S/C34H37N7O3/c1-43-27-15-14-26-21-29(34(42)35-30(26)22-27)32(33-36-37-38-41(33)23-28-13-8-20-44-28)40-18-16-39(17-19-40)31(24-9-4-2-5-10-24)25-11-6-3-7-12-25/h2-7,9-12,14-15,21-22,28,31-32H,8,13,16-20,23H2,1H3,(H,35,42). The van der Waals surface area contributed by atoms with Gasteiger partial charge >= 0.3 is 0 Å². The highest BCUT2D eigenvalue weighted by molar-refractivity contribution is 5.80. The van der Waals surface area contributed by atoms with Crippen LogP contribution >= 0.6 is 0 Å². The zero-order chi connectivity index (χ0) is 29.9. The van der Waals surface area contributed by atoms with Gasteiger partial charge < -0.3 is 14.5 Å². The van der Waals surface area contributed by atoms with E-state index < -0.39 is 6.04 Å². The molecule has 7 rings (SSSR count). The number of aromatic amines is 1. The number of nitrogens with zero attached hydrogens (tertiary/aromatic N) is 6. The molecule has 226 valence electrons. The van der Waals surface area contributed by atoms with Gasteiger partial charge in [0.2, 0.25) is 0 Å². The number of benzene rings is 3. The number of piperazine rings is 1. The number of tetrazole rings is 1. The molecule has 2 aliphatic rings. The first-order valence-electron chi connectivity index (χ1n) is 15.3. The SMILES string of the molecule is COc1ccc2cc(C(c3nnnn3CC3CCCO3)N3CCN(C(c4ccccc4)c4ccccc4)CC3)c(=O)[nH]c2c1. The van der Waals surface area contributed by atoms with Crippen LogP contribution in [0.1, 0.15) is 47.4 Å². The number of hydrogen-bond donors (Lipinski definition) is 1. The van der Waals surface area contributed by atoms with Crippen LogP contribution in [0, 0.1) is 0 Å². The second kappa shape index (κ2) is 12.7. The molecule has 2 aliphatic heterocycles. The van der Waals surface area contributed by atoms with E-state index in [1.54, 1.807) is 7.11 Å². The van der Waals surface area contributed by atoms with Crippen molar-refractivity contribution in [1.82, 2.24) is 35.0 Å². The molecule has 0 spiro atoms. The van der Waals surface area contributed by atoms with E-state index in [0.717, 1.165) is 56.5 Å². The molecule has 0 radical (unpaired) electrons. The number of ether oxygens (including phenoxy) is 2. The molecule has 0 amide bonds. The maximum Gasteiger partial charge on any atom is 0.253 e. The Morgan fingerprint density at radius 2 is 1.59 bits per heavy atom. The minimum Gasteiger partial charge on any atom is -0.497 e. The van der Waals surface area contributed by atoms with Crippen molar-refractivity contribution < 1.29 is 9.47 Å². The van der Waals surface area contributed by atoms with Crippen molar-refractivity contribution in [3.8, 4) is 5.75 Å². The topological polar surface area (TPSA) is 101 Å². The molecular formula is C34H37N7O3. The summed E-state index contributed by atoms with van der Waals surface area (Å²) in [6.07, 6.45) is 2.07. The average Bonchev–Trinajstić information content (AvgIpc) is 3.76. The third kappa shape index (κ3) is 5.76. The molecular weight excluding hydrogens is 554 g/mol. The van der Waals surface area contributed by atoms with E-state index in [4.69, 9.17) is 9.47 Å². The summed E-state index contributed by atoms with van der Waals surface area (Å²) in [5.41, 5.74) is 3.74. The largest absolute Gasteiger partial charge is 0.497 e. The summed E-state index contributed by atoms with van der Waals surface area (Å²) in [5, 5.41) is 13.9. The Morgan fingerprint density at radius 3 is 2.23 bits per heavy atom. The number of hydrogen-bond acceptors (Lipinski definition) is 8. The lowest BCUT2D eigenvalue weighted by molar-refractivity contribution is 0.0778. The summed E-state index contributed by atoms with van der Waals surface area (Å²) in [4.78, 5) is 21.8. The highest BCUT2D eigenvalue weighted by Gasteiger charge is 2.35. The van der Waals surface area contributed by atoms with Gasteiger partial charge in [-0.05, 0) is 58.0 Å². The molecule has 10 nitrogen and oxygen atoms in total. The van der Waals surface area contributed by atoms with E-state index in [-0.39, 0.29) is 17.7 Å². The first kappa shape index (κ1) is 28.4. The van der Waals surface area contributed by atoms with E-state index in [9.17, 15) is 4.79 Å². The zero-order valence-electron chi connectivity index (χ0n) is 24.9. The van der Waals surface area contributed by atoms with E-state index in [0.29, 0.717) is 23.7 Å². The van der Waals surface area contributed by atoms with Crippen LogP contribution < -0.4 is 10.3 Å². The molecule has 0 bridgehead atoms. The summed E-state index contributed by atoms with van der Waals surface area (Å²) in [6, 6.07) is 28.8. The van der Waals surface area contributed by atoms with Gasteiger partial charge in [-0.15, -0.1) is 5.10 Å².